The van der Waals surface area contributed by atoms with Gasteiger partial charge in [-0.25, -0.2) is 4.79 Å². The lowest BCUT2D eigenvalue weighted by Crippen LogP contribution is -2.51. The van der Waals surface area contributed by atoms with Crippen LogP contribution in [0.5, 0.6) is 0 Å². The van der Waals surface area contributed by atoms with Crippen LogP contribution in [0.3, 0.4) is 0 Å². The lowest BCUT2D eigenvalue weighted by molar-refractivity contribution is -0.147. The number of amides is 1. The number of ketones is 1. The smallest absolute Gasteiger partial charge is 0.340 e. The molecule has 2 aromatic rings. The minimum atomic E-state index is -0.608. The maximum atomic E-state index is 13.1. The van der Waals surface area contributed by atoms with Crippen LogP contribution in [0, 0.1) is 23.2 Å². The molecule has 1 N–H and O–H groups in total. The van der Waals surface area contributed by atoms with E-state index in [1.54, 1.807) is 36.4 Å². The standard InChI is InChI=1S/C24H25NO5/c26-21(24-11-15-8-16(12-24)10-17(9-15)13-24)14-30-23(28)18-4-1-2-5-19(18)25-22(27)20-6-3-7-29-20/h1-7,15-17H,8-14H2,(H,25,27). The van der Waals surface area contributed by atoms with E-state index in [2.05, 4.69) is 5.32 Å². The normalized spacial score (nSPS) is 28.9. The first-order valence-electron chi connectivity index (χ1n) is 10.7. The molecule has 4 saturated carbocycles. The largest absolute Gasteiger partial charge is 0.459 e. The molecular formula is C24H25NO5. The number of Topliss-reactive ketones (excluding diaryl/α,β-unsaturated/α-hetero) is 1. The van der Waals surface area contributed by atoms with Crippen LogP contribution < -0.4 is 5.32 Å². The van der Waals surface area contributed by atoms with E-state index >= 15 is 0 Å². The third-order valence-corrected chi connectivity index (χ3v) is 7.10. The van der Waals surface area contributed by atoms with Crippen LogP contribution in [-0.4, -0.2) is 24.3 Å². The number of nitrogens with one attached hydrogen (secondary N) is 1. The lowest BCUT2D eigenvalue weighted by Gasteiger charge is -2.55. The Hall–Kier alpha value is -2.89. The first kappa shape index (κ1) is 19.1. The highest BCUT2D eigenvalue weighted by atomic mass is 16.5. The van der Waals surface area contributed by atoms with Gasteiger partial charge < -0.3 is 14.5 Å². The van der Waals surface area contributed by atoms with Crippen LogP contribution in [0.4, 0.5) is 5.69 Å². The summed E-state index contributed by atoms with van der Waals surface area (Å²) in [6, 6.07) is 9.77. The summed E-state index contributed by atoms with van der Waals surface area (Å²) in [5, 5.41) is 2.67. The number of furan rings is 1. The van der Waals surface area contributed by atoms with Crippen LogP contribution in [0.25, 0.3) is 0 Å². The number of benzene rings is 1. The average molecular weight is 407 g/mol. The number of carbonyl (C=O) groups excluding carboxylic acids is 3. The number of rotatable bonds is 6. The lowest BCUT2D eigenvalue weighted by atomic mass is 9.48. The van der Waals surface area contributed by atoms with E-state index in [1.807, 2.05) is 0 Å². The van der Waals surface area contributed by atoms with Gasteiger partial charge in [-0.15, -0.1) is 0 Å². The summed E-state index contributed by atoms with van der Waals surface area (Å²) in [5.74, 6) is 1.13. The van der Waals surface area contributed by atoms with Crippen molar-refractivity contribution in [3.05, 3.63) is 54.0 Å². The highest BCUT2D eigenvalue weighted by Crippen LogP contribution is 2.60. The maximum Gasteiger partial charge on any atom is 0.340 e. The second kappa shape index (κ2) is 7.42. The monoisotopic (exact) mass is 407 g/mol. The number of para-hydroxylation sites is 1. The first-order chi connectivity index (χ1) is 14.5. The van der Waals surface area contributed by atoms with Crippen molar-refractivity contribution in [1.82, 2.24) is 0 Å². The van der Waals surface area contributed by atoms with Gasteiger partial charge in [-0.1, -0.05) is 12.1 Å². The van der Waals surface area contributed by atoms with Gasteiger partial charge in [0.1, 0.15) is 0 Å². The summed E-state index contributed by atoms with van der Waals surface area (Å²) >= 11 is 0. The molecule has 6 nitrogen and oxygen atoms in total. The highest BCUT2D eigenvalue weighted by Gasteiger charge is 2.54. The predicted molar refractivity (Wildman–Crippen MR) is 109 cm³/mol. The Kier molecular flexibility index (Phi) is 4.72. The number of carbonyl (C=O) groups is 3. The summed E-state index contributed by atoms with van der Waals surface area (Å²) in [4.78, 5) is 38.1. The van der Waals surface area contributed by atoms with E-state index in [-0.39, 0.29) is 29.1 Å². The summed E-state index contributed by atoms with van der Waals surface area (Å²) < 4.78 is 10.5. The predicted octanol–water partition coefficient (Wildman–Crippen LogP) is 4.47. The zero-order valence-corrected chi connectivity index (χ0v) is 16.8. The summed E-state index contributed by atoms with van der Waals surface area (Å²) in [6.45, 7) is -0.203. The van der Waals surface area contributed by atoms with E-state index < -0.39 is 11.9 Å². The Bertz CT molecular complexity index is 942. The molecule has 0 atom stereocenters. The van der Waals surface area contributed by atoms with Gasteiger partial charge in [-0.05, 0) is 80.5 Å². The summed E-state index contributed by atoms with van der Waals surface area (Å²) in [6.07, 6.45) is 8.03. The molecule has 1 amide bonds. The molecule has 1 aromatic heterocycles. The fourth-order valence-electron chi connectivity index (χ4n) is 6.18. The van der Waals surface area contributed by atoms with E-state index in [1.165, 1.54) is 25.5 Å². The van der Waals surface area contributed by atoms with Gasteiger partial charge >= 0.3 is 5.97 Å². The summed E-state index contributed by atoms with van der Waals surface area (Å²) in [7, 11) is 0. The van der Waals surface area contributed by atoms with Crippen molar-refractivity contribution in [3.63, 3.8) is 0 Å². The second-order valence-corrected chi connectivity index (χ2v) is 9.17. The molecule has 4 bridgehead atoms. The zero-order chi connectivity index (χ0) is 20.7. The first-order valence-corrected chi connectivity index (χ1v) is 10.7. The molecule has 30 heavy (non-hydrogen) atoms. The van der Waals surface area contributed by atoms with Crippen molar-refractivity contribution in [2.24, 2.45) is 23.2 Å². The molecular weight excluding hydrogens is 382 g/mol. The highest BCUT2D eigenvalue weighted by molar-refractivity contribution is 6.07. The Morgan fingerprint density at radius 1 is 0.967 bits per heavy atom. The number of hydrogen-bond acceptors (Lipinski definition) is 5. The fraction of sp³-hybridized carbons (Fsp3) is 0.458. The Morgan fingerprint density at radius 3 is 2.27 bits per heavy atom. The van der Waals surface area contributed by atoms with Gasteiger partial charge in [-0.3, -0.25) is 9.59 Å². The van der Waals surface area contributed by atoms with E-state index in [9.17, 15) is 14.4 Å². The molecule has 0 radical (unpaired) electrons. The van der Waals surface area contributed by atoms with Crippen molar-refractivity contribution >= 4 is 23.3 Å². The van der Waals surface area contributed by atoms with E-state index in [4.69, 9.17) is 9.15 Å². The molecule has 4 aliphatic carbocycles. The molecule has 156 valence electrons. The van der Waals surface area contributed by atoms with E-state index in [0.717, 1.165) is 19.3 Å². The quantitative estimate of drug-likeness (QED) is 0.714. The molecule has 0 aliphatic heterocycles. The topological polar surface area (TPSA) is 85.6 Å². The molecule has 0 saturated heterocycles. The van der Waals surface area contributed by atoms with Gasteiger partial charge in [0, 0.05) is 5.41 Å². The molecule has 0 spiro atoms. The average Bonchev–Trinajstić information content (AvgIpc) is 3.26. The van der Waals surface area contributed by atoms with Crippen molar-refractivity contribution in [3.8, 4) is 0 Å². The number of hydrogen-bond donors (Lipinski definition) is 1. The second-order valence-electron chi connectivity index (χ2n) is 9.17. The van der Waals surface area contributed by atoms with Crippen LogP contribution >= 0.6 is 0 Å². The Morgan fingerprint density at radius 2 is 1.63 bits per heavy atom. The summed E-state index contributed by atoms with van der Waals surface area (Å²) in [5.41, 5.74) is 0.254. The number of esters is 1. The van der Waals surface area contributed by atoms with Gasteiger partial charge in [0.25, 0.3) is 5.91 Å². The van der Waals surface area contributed by atoms with Gasteiger partial charge in [0.05, 0.1) is 17.5 Å². The number of ether oxygens (including phenoxy) is 1. The van der Waals surface area contributed by atoms with Crippen molar-refractivity contribution in [1.29, 1.82) is 0 Å². The van der Waals surface area contributed by atoms with Gasteiger partial charge in [0.2, 0.25) is 0 Å². The minimum absolute atomic E-state index is 0.0621. The minimum Gasteiger partial charge on any atom is -0.459 e. The third kappa shape index (κ3) is 3.44. The van der Waals surface area contributed by atoms with Crippen molar-refractivity contribution in [2.45, 2.75) is 38.5 Å². The van der Waals surface area contributed by atoms with Crippen LogP contribution in [0.1, 0.15) is 59.4 Å². The Labute approximate surface area is 175 Å². The van der Waals surface area contributed by atoms with Crippen molar-refractivity contribution < 1.29 is 23.5 Å². The Balaban J connectivity index is 1.25. The van der Waals surface area contributed by atoms with Gasteiger partial charge in [0.15, 0.2) is 18.2 Å². The third-order valence-electron chi connectivity index (χ3n) is 7.10. The molecule has 1 aromatic carbocycles. The van der Waals surface area contributed by atoms with Crippen LogP contribution in [-0.2, 0) is 9.53 Å². The fourth-order valence-corrected chi connectivity index (χ4v) is 6.18. The van der Waals surface area contributed by atoms with E-state index in [0.29, 0.717) is 23.4 Å². The van der Waals surface area contributed by atoms with Crippen LogP contribution in [0.15, 0.2) is 47.1 Å². The SMILES string of the molecule is O=C(Nc1ccccc1C(=O)OCC(=O)C12CC3CC(CC(C3)C1)C2)c1ccco1. The molecule has 1 heterocycles. The molecule has 4 aliphatic rings. The molecule has 6 heteroatoms. The maximum absolute atomic E-state index is 13.1. The number of anilines is 1. The molecule has 6 rings (SSSR count). The van der Waals surface area contributed by atoms with Gasteiger partial charge in [-0.2, -0.15) is 0 Å². The molecule has 4 fully saturated rings. The zero-order valence-electron chi connectivity index (χ0n) is 16.8. The molecule has 0 unspecified atom stereocenters. The van der Waals surface area contributed by atoms with Crippen molar-refractivity contribution in [2.75, 3.05) is 11.9 Å². The van der Waals surface area contributed by atoms with Crippen LogP contribution in [0.2, 0.25) is 0 Å².